The van der Waals surface area contributed by atoms with Gasteiger partial charge in [0, 0.05) is 6.61 Å². The summed E-state index contributed by atoms with van der Waals surface area (Å²) in [6.45, 7) is 2.36. The van der Waals surface area contributed by atoms with Crippen molar-refractivity contribution >= 4 is 22.4 Å². The highest BCUT2D eigenvalue weighted by atomic mass is 32.1. The van der Waals surface area contributed by atoms with Gasteiger partial charge in [0.25, 0.3) is 0 Å². The van der Waals surface area contributed by atoms with Crippen LogP contribution in [0.5, 0.6) is 0 Å². The third kappa shape index (κ3) is 3.75. The number of rotatable bonds is 6. The van der Waals surface area contributed by atoms with Crippen molar-refractivity contribution < 1.29 is 9.53 Å². The van der Waals surface area contributed by atoms with Crippen LogP contribution < -0.4 is 11.1 Å². The van der Waals surface area contributed by atoms with Crippen molar-refractivity contribution in [2.24, 2.45) is 0 Å². The number of nitrogens with two attached hydrogens (primary N) is 1. The normalized spacial score (nSPS) is 12.1. The molecule has 1 aromatic heterocycles. The van der Waals surface area contributed by atoms with Gasteiger partial charge in [-0.15, -0.1) is 10.2 Å². The summed E-state index contributed by atoms with van der Waals surface area (Å²) in [6, 6.07) is 9.20. The number of hydrogen-bond acceptors (Lipinski definition) is 6. The van der Waals surface area contributed by atoms with E-state index in [-0.39, 0.29) is 18.6 Å². The summed E-state index contributed by atoms with van der Waals surface area (Å²) >= 11 is 1.26. The van der Waals surface area contributed by atoms with Crippen LogP contribution in [0, 0.1) is 0 Å². The second kappa shape index (κ2) is 6.97. The zero-order valence-corrected chi connectivity index (χ0v) is 11.9. The lowest BCUT2D eigenvalue weighted by atomic mass is 10.1. The molecule has 0 radical (unpaired) electrons. The smallest absolute Gasteiger partial charge is 0.246 e. The molecule has 0 saturated heterocycles. The van der Waals surface area contributed by atoms with E-state index in [1.54, 1.807) is 0 Å². The lowest BCUT2D eigenvalue weighted by Gasteiger charge is -2.16. The fourth-order valence-electron chi connectivity index (χ4n) is 1.69. The topological polar surface area (TPSA) is 90.1 Å². The average Bonchev–Trinajstić information content (AvgIpc) is 2.90. The van der Waals surface area contributed by atoms with E-state index in [9.17, 15) is 4.79 Å². The van der Waals surface area contributed by atoms with E-state index >= 15 is 0 Å². The Hall–Kier alpha value is -1.99. The maximum Gasteiger partial charge on any atom is 0.246 e. The van der Waals surface area contributed by atoms with Gasteiger partial charge in [-0.1, -0.05) is 41.7 Å². The second-order valence-corrected chi connectivity index (χ2v) is 5.07. The molecule has 6 nitrogen and oxygen atoms in total. The van der Waals surface area contributed by atoms with Crippen LogP contribution in [0.3, 0.4) is 0 Å². The predicted octanol–water partition coefficient (Wildman–Crippen LogP) is 1.36. The zero-order chi connectivity index (χ0) is 14.4. The molecule has 1 heterocycles. The number of amides is 1. The molecule has 1 atom stereocenters. The highest BCUT2D eigenvalue weighted by Gasteiger charge is 2.20. The number of aromatic nitrogens is 2. The molecule has 0 saturated carbocycles. The van der Waals surface area contributed by atoms with E-state index in [4.69, 9.17) is 10.5 Å². The Morgan fingerprint density at radius 1 is 1.40 bits per heavy atom. The van der Waals surface area contributed by atoms with E-state index in [0.29, 0.717) is 16.7 Å². The van der Waals surface area contributed by atoms with Crippen LogP contribution >= 0.6 is 11.3 Å². The summed E-state index contributed by atoms with van der Waals surface area (Å²) in [7, 11) is 0. The number of anilines is 1. The number of nitrogen functional groups attached to an aromatic ring is 1. The molecule has 2 rings (SSSR count). The molecule has 0 aliphatic carbocycles. The number of hydrogen-bond donors (Lipinski definition) is 2. The SMILES string of the molecule is CCOCC(=O)N[C@@H](c1ccccc1)c1nnc(N)s1. The zero-order valence-electron chi connectivity index (χ0n) is 11.1. The number of benzene rings is 1. The highest BCUT2D eigenvalue weighted by Crippen LogP contribution is 2.25. The van der Waals surface area contributed by atoms with Gasteiger partial charge in [0.2, 0.25) is 11.0 Å². The van der Waals surface area contributed by atoms with Gasteiger partial charge in [-0.05, 0) is 12.5 Å². The van der Waals surface area contributed by atoms with E-state index in [1.165, 1.54) is 11.3 Å². The minimum absolute atomic E-state index is 0.0219. The standard InChI is InChI=1S/C13H16N4O2S/c1-2-19-8-10(18)15-11(9-6-4-3-5-7-9)12-16-17-13(14)20-12/h3-7,11H,2,8H2,1H3,(H2,14,17)(H,15,18)/t11-/m0/s1. The lowest BCUT2D eigenvalue weighted by Crippen LogP contribution is -2.32. The van der Waals surface area contributed by atoms with Crippen LogP contribution in [0.25, 0.3) is 0 Å². The van der Waals surface area contributed by atoms with Crippen molar-refractivity contribution in [3.63, 3.8) is 0 Å². The number of nitrogens with one attached hydrogen (secondary N) is 1. The third-order valence-electron chi connectivity index (χ3n) is 2.58. The fraction of sp³-hybridized carbons (Fsp3) is 0.308. The average molecular weight is 292 g/mol. The molecule has 20 heavy (non-hydrogen) atoms. The van der Waals surface area contributed by atoms with Crippen molar-refractivity contribution in [2.75, 3.05) is 18.9 Å². The van der Waals surface area contributed by atoms with Crippen molar-refractivity contribution in [2.45, 2.75) is 13.0 Å². The molecule has 3 N–H and O–H groups in total. The van der Waals surface area contributed by atoms with Gasteiger partial charge >= 0.3 is 0 Å². The monoisotopic (exact) mass is 292 g/mol. The molecule has 2 aromatic rings. The maximum atomic E-state index is 11.9. The lowest BCUT2D eigenvalue weighted by molar-refractivity contribution is -0.126. The summed E-state index contributed by atoms with van der Waals surface area (Å²) in [5.74, 6) is -0.200. The molecule has 7 heteroatoms. The Kier molecular flexibility index (Phi) is 5.03. The number of ether oxygens (including phenoxy) is 1. The van der Waals surface area contributed by atoms with Crippen LogP contribution in [0.4, 0.5) is 5.13 Å². The first kappa shape index (κ1) is 14.4. The summed E-state index contributed by atoms with van der Waals surface area (Å²) in [4.78, 5) is 11.9. The second-order valence-electron chi connectivity index (χ2n) is 4.03. The molecule has 1 amide bonds. The predicted molar refractivity (Wildman–Crippen MR) is 77.2 cm³/mol. The van der Waals surface area contributed by atoms with Crippen LogP contribution in [-0.2, 0) is 9.53 Å². The largest absolute Gasteiger partial charge is 0.374 e. The summed E-state index contributed by atoms with van der Waals surface area (Å²) in [5, 5.41) is 11.7. The Morgan fingerprint density at radius 2 is 2.15 bits per heavy atom. The number of nitrogens with zero attached hydrogens (tertiary/aromatic N) is 2. The van der Waals surface area contributed by atoms with E-state index in [0.717, 1.165) is 5.56 Å². The molecule has 0 unspecified atom stereocenters. The van der Waals surface area contributed by atoms with Gasteiger partial charge in [-0.25, -0.2) is 0 Å². The van der Waals surface area contributed by atoms with Crippen LogP contribution in [-0.4, -0.2) is 29.3 Å². The van der Waals surface area contributed by atoms with Crippen molar-refractivity contribution in [1.29, 1.82) is 0 Å². The fourth-order valence-corrected chi connectivity index (χ4v) is 2.38. The van der Waals surface area contributed by atoms with E-state index in [1.807, 2.05) is 37.3 Å². The van der Waals surface area contributed by atoms with Gasteiger partial charge in [-0.3, -0.25) is 4.79 Å². The summed E-state index contributed by atoms with van der Waals surface area (Å²) in [6.07, 6.45) is 0. The first-order chi connectivity index (χ1) is 9.70. The number of carbonyl (C=O) groups excluding carboxylic acids is 1. The number of carbonyl (C=O) groups is 1. The maximum absolute atomic E-state index is 11.9. The minimum Gasteiger partial charge on any atom is -0.374 e. The Morgan fingerprint density at radius 3 is 2.75 bits per heavy atom. The molecular weight excluding hydrogens is 276 g/mol. The van der Waals surface area contributed by atoms with E-state index < -0.39 is 0 Å². The molecule has 1 aromatic carbocycles. The molecule has 0 bridgehead atoms. The first-order valence-corrected chi connectivity index (χ1v) is 7.03. The van der Waals surface area contributed by atoms with Gasteiger partial charge < -0.3 is 15.8 Å². The molecule has 106 valence electrons. The summed E-state index contributed by atoms with van der Waals surface area (Å²) < 4.78 is 5.10. The molecular formula is C13H16N4O2S. The van der Waals surface area contributed by atoms with E-state index in [2.05, 4.69) is 15.5 Å². The Labute approximate surface area is 121 Å². The van der Waals surface area contributed by atoms with Gasteiger partial charge in [-0.2, -0.15) is 0 Å². The van der Waals surface area contributed by atoms with Gasteiger partial charge in [0.1, 0.15) is 17.7 Å². The van der Waals surface area contributed by atoms with Crippen molar-refractivity contribution in [3.05, 3.63) is 40.9 Å². The molecule has 0 aliphatic heterocycles. The van der Waals surface area contributed by atoms with Crippen LogP contribution in [0.2, 0.25) is 0 Å². The van der Waals surface area contributed by atoms with Gasteiger partial charge in [0.05, 0.1) is 0 Å². The quantitative estimate of drug-likeness (QED) is 0.839. The highest BCUT2D eigenvalue weighted by molar-refractivity contribution is 7.15. The summed E-state index contributed by atoms with van der Waals surface area (Å²) in [5.41, 5.74) is 6.54. The molecule has 0 fully saturated rings. The third-order valence-corrected chi connectivity index (χ3v) is 3.40. The van der Waals surface area contributed by atoms with Gasteiger partial charge in [0.15, 0.2) is 0 Å². The Bertz CT molecular complexity index is 559. The Balaban J connectivity index is 2.19. The first-order valence-electron chi connectivity index (χ1n) is 6.21. The molecule has 0 aliphatic rings. The van der Waals surface area contributed by atoms with Crippen LogP contribution in [0.1, 0.15) is 23.5 Å². The van der Waals surface area contributed by atoms with Crippen molar-refractivity contribution in [3.8, 4) is 0 Å². The van der Waals surface area contributed by atoms with Crippen LogP contribution in [0.15, 0.2) is 30.3 Å². The van der Waals surface area contributed by atoms with Crippen molar-refractivity contribution in [1.82, 2.24) is 15.5 Å². The molecule has 0 spiro atoms. The minimum atomic E-state index is -0.362.